The highest BCUT2D eigenvalue weighted by atomic mass is 35.5. The van der Waals surface area contributed by atoms with Crippen LogP contribution in [0.3, 0.4) is 0 Å². The van der Waals surface area contributed by atoms with Gasteiger partial charge in [0.2, 0.25) is 0 Å². The molecular weight excluding hydrogens is 317 g/mol. The summed E-state index contributed by atoms with van der Waals surface area (Å²) in [5, 5.41) is 3.87. The summed E-state index contributed by atoms with van der Waals surface area (Å²) < 4.78 is 0. The molecule has 1 amide bonds. The van der Waals surface area contributed by atoms with Crippen molar-refractivity contribution >= 4 is 29.1 Å². The predicted octanol–water partition coefficient (Wildman–Crippen LogP) is 5.28. The molecule has 2 nitrogen and oxygen atoms in total. The molecule has 0 radical (unpaired) electrons. The number of alkyl halides is 1. The molecule has 1 N–H and O–H groups in total. The highest BCUT2D eigenvalue weighted by Gasteiger charge is 2.42. The summed E-state index contributed by atoms with van der Waals surface area (Å²) in [7, 11) is 0. The summed E-state index contributed by atoms with van der Waals surface area (Å²) in [6.45, 7) is 0.719. The zero-order valence-corrected chi connectivity index (χ0v) is 13.6. The minimum Gasteiger partial charge on any atom is -0.351 e. The Bertz CT molecular complexity index is 530. The molecule has 0 aromatic heterocycles. The van der Waals surface area contributed by atoms with Crippen molar-refractivity contribution in [3.63, 3.8) is 0 Å². The number of nitrogens with one attached hydrogen (secondary N) is 1. The lowest BCUT2D eigenvalue weighted by molar-refractivity contribution is 0.0698. The van der Waals surface area contributed by atoms with Gasteiger partial charge in [-0.2, -0.15) is 0 Å². The van der Waals surface area contributed by atoms with E-state index in [-0.39, 0.29) is 24.1 Å². The van der Waals surface area contributed by atoms with E-state index in [0.29, 0.717) is 10.6 Å². The fourth-order valence-electron chi connectivity index (χ4n) is 4.12. The lowest BCUT2D eigenvalue weighted by Crippen LogP contribution is -2.45. The summed E-state index contributed by atoms with van der Waals surface area (Å²) in [6.07, 6.45) is 7.10. The van der Waals surface area contributed by atoms with Gasteiger partial charge in [0, 0.05) is 11.9 Å². The Morgan fingerprint density at radius 3 is 2.86 bits per heavy atom. The first kappa shape index (κ1) is 17.6. The first-order valence-electron chi connectivity index (χ1n) is 7.75. The Hall–Kier alpha value is -0.730. The smallest absolute Gasteiger partial charge is 0.252 e. The Labute approximate surface area is 143 Å². The Morgan fingerprint density at radius 1 is 1.32 bits per heavy atom. The molecule has 2 aliphatic rings. The molecule has 3 atom stereocenters. The zero-order valence-electron chi connectivity index (χ0n) is 12.1. The van der Waals surface area contributed by atoms with Crippen molar-refractivity contribution in [2.24, 2.45) is 11.3 Å². The fraction of sp³-hybridized carbons (Fsp3) is 0.611. The minimum absolute atomic E-state index is 0. The van der Waals surface area contributed by atoms with E-state index in [9.17, 15) is 4.79 Å². The third-order valence-corrected chi connectivity index (χ3v) is 5.69. The minimum atomic E-state index is -0.0752. The van der Waals surface area contributed by atoms with E-state index in [2.05, 4.69) is 5.32 Å². The monoisotopic (exact) mass is 341 g/mol. The third-order valence-electron chi connectivity index (χ3n) is 5.03. The number of fused-ring (bicyclic) bond motifs is 2. The van der Waals surface area contributed by atoms with Gasteiger partial charge in [0.25, 0.3) is 5.91 Å². The topological polar surface area (TPSA) is 29.1 Å². The number of hydrogen-bond donors (Lipinski definition) is 1. The molecule has 1 aromatic carbocycles. The van der Waals surface area contributed by atoms with E-state index in [0.717, 1.165) is 25.3 Å². The summed E-state index contributed by atoms with van der Waals surface area (Å²) in [4.78, 5) is 12.3. The van der Waals surface area contributed by atoms with Crippen molar-refractivity contribution in [1.29, 1.82) is 0 Å². The van der Waals surface area contributed by atoms with Crippen LogP contribution in [0.5, 0.6) is 0 Å². The lowest BCUT2D eigenvalue weighted by atomic mass is 9.62. The number of hydrogen-bond acceptors (Lipinski definition) is 1. The van der Waals surface area contributed by atoms with Crippen LogP contribution in [0.15, 0.2) is 24.3 Å². The molecular formula is C18H25Cl2NO. The van der Waals surface area contributed by atoms with Crippen molar-refractivity contribution in [3.8, 4) is 0 Å². The average molecular weight is 342 g/mol. The molecule has 22 heavy (non-hydrogen) atoms. The van der Waals surface area contributed by atoms with Crippen molar-refractivity contribution in [2.45, 2.75) is 51.3 Å². The molecule has 3 rings (SSSR count). The van der Waals surface area contributed by atoms with Crippen LogP contribution in [0.2, 0.25) is 5.02 Å². The molecule has 2 saturated carbocycles. The summed E-state index contributed by atoms with van der Waals surface area (Å²) in [5.41, 5.74) is 0.756. The molecule has 1 aromatic rings. The highest BCUT2D eigenvalue weighted by molar-refractivity contribution is 6.33. The Balaban J connectivity index is 0.00000176. The molecule has 122 valence electrons. The van der Waals surface area contributed by atoms with Crippen LogP contribution < -0.4 is 5.32 Å². The van der Waals surface area contributed by atoms with Crippen molar-refractivity contribution < 1.29 is 4.79 Å². The van der Waals surface area contributed by atoms with Crippen molar-refractivity contribution in [3.05, 3.63) is 34.9 Å². The van der Waals surface area contributed by atoms with Gasteiger partial charge in [-0.25, -0.2) is 0 Å². The SMILES string of the molecule is C.O=C(NCC12CCCC(CC(Cl)C1)C2)c1ccccc1Cl. The predicted molar refractivity (Wildman–Crippen MR) is 93.8 cm³/mol. The number of carbonyl (C=O) groups excluding carboxylic acids is 1. The lowest BCUT2D eigenvalue weighted by Gasteiger charge is -2.47. The van der Waals surface area contributed by atoms with Gasteiger partial charge in [-0.15, -0.1) is 11.6 Å². The van der Waals surface area contributed by atoms with Crippen LogP contribution in [0.4, 0.5) is 0 Å². The number of halogens is 2. The molecule has 0 saturated heterocycles. The maximum absolute atomic E-state index is 12.3. The Kier molecular flexibility index (Phi) is 5.79. The van der Waals surface area contributed by atoms with E-state index in [1.807, 2.05) is 12.1 Å². The molecule has 4 heteroatoms. The number of amides is 1. The van der Waals surface area contributed by atoms with Gasteiger partial charge in [-0.3, -0.25) is 4.79 Å². The number of carbonyl (C=O) groups is 1. The average Bonchev–Trinajstić information content (AvgIpc) is 2.45. The number of benzene rings is 1. The Morgan fingerprint density at radius 2 is 2.09 bits per heavy atom. The van der Waals surface area contributed by atoms with Crippen LogP contribution in [0.25, 0.3) is 0 Å². The van der Waals surface area contributed by atoms with Crippen LogP contribution in [0, 0.1) is 11.3 Å². The van der Waals surface area contributed by atoms with Gasteiger partial charge < -0.3 is 5.32 Å². The second kappa shape index (κ2) is 7.23. The van der Waals surface area contributed by atoms with Crippen LogP contribution >= 0.6 is 23.2 Å². The molecule has 2 aliphatic carbocycles. The molecule has 2 bridgehead atoms. The van der Waals surface area contributed by atoms with E-state index >= 15 is 0 Å². The zero-order chi connectivity index (χ0) is 14.9. The maximum Gasteiger partial charge on any atom is 0.252 e. The summed E-state index contributed by atoms with van der Waals surface area (Å²) in [5.74, 6) is 0.668. The van der Waals surface area contributed by atoms with Crippen LogP contribution in [-0.2, 0) is 0 Å². The first-order chi connectivity index (χ1) is 10.1. The van der Waals surface area contributed by atoms with Gasteiger partial charge >= 0.3 is 0 Å². The van der Waals surface area contributed by atoms with Crippen LogP contribution in [-0.4, -0.2) is 17.8 Å². The van der Waals surface area contributed by atoms with Crippen molar-refractivity contribution in [2.75, 3.05) is 6.54 Å². The highest BCUT2D eigenvalue weighted by Crippen LogP contribution is 2.49. The third kappa shape index (κ3) is 3.78. The normalized spacial score (nSPS) is 30.3. The van der Waals surface area contributed by atoms with Gasteiger partial charge in [0.1, 0.15) is 0 Å². The second-order valence-corrected chi connectivity index (χ2v) is 7.69. The van der Waals surface area contributed by atoms with Crippen LogP contribution in [0.1, 0.15) is 56.3 Å². The molecule has 2 fully saturated rings. The fourth-order valence-corrected chi connectivity index (χ4v) is 4.93. The first-order valence-corrected chi connectivity index (χ1v) is 8.56. The van der Waals surface area contributed by atoms with E-state index in [1.165, 1.54) is 25.7 Å². The van der Waals surface area contributed by atoms with Crippen molar-refractivity contribution in [1.82, 2.24) is 5.32 Å². The largest absolute Gasteiger partial charge is 0.351 e. The van der Waals surface area contributed by atoms with E-state index < -0.39 is 0 Å². The number of rotatable bonds is 3. The van der Waals surface area contributed by atoms with E-state index in [1.54, 1.807) is 12.1 Å². The quantitative estimate of drug-likeness (QED) is 0.744. The van der Waals surface area contributed by atoms with Gasteiger partial charge in [-0.1, -0.05) is 44.0 Å². The van der Waals surface area contributed by atoms with Gasteiger partial charge in [0.15, 0.2) is 0 Å². The maximum atomic E-state index is 12.3. The molecule has 0 spiro atoms. The summed E-state index contributed by atoms with van der Waals surface area (Å²) >= 11 is 12.5. The molecule has 3 unspecified atom stereocenters. The standard InChI is InChI=1S/C17H21Cl2NO.CH4/c18-13-8-12-4-3-7-17(9-12,10-13)11-20-16(21)14-5-1-2-6-15(14)19;/h1-2,5-6,12-13H,3-4,7-11H2,(H,20,21);1H4. The second-order valence-electron chi connectivity index (χ2n) is 6.66. The molecule has 0 aliphatic heterocycles. The van der Waals surface area contributed by atoms with E-state index in [4.69, 9.17) is 23.2 Å². The summed E-state index contributed by atoms with van der Waals surface area (Å²) in [6, 6.07) is 7.19. The van der Waals surface area contributed by atoms with Gasteiger partial charge in [-0.05, 0) is 49.1 Å². The van der Waals surface area contributed by atoms with Gasteiger partial charge in [0.05, 0.1) is 10.6 Å². The molecule has 0 heterocycles.